The van der Waals surface area contributed by atoms with Crippen LogP contribution in [-0.4, -0.2) is 9.97 Å². The number of aromatic nitrogens is 2. The van der Waals surface area contributed by atoms with Gasteiger partial charge in [-0.1, -0.05) is 108 Å². The highest BCUT2D eigenvalue weighted by Gasteiger charge is 2.14. The van der Waals surface area contributed by atoms with Crippen LogP contribution in [0.15, 0.2) is 109 Å². The quantitative estimate of drug-likeness (QED) is 0.208. The second-order valence-corrected chi connectivity index (χ2v) is 10.2. The summed E-state index contributed by atoms with van der Waals surface area (Å²) < 4.78 is 12.0. The van der Waals surface area contributed by atoms with Gasteiger partial charge < -0.3 is 9.47 Å². The summed E-state index contributed by atoms with van der Waals surface area (Å²) >= 11 is 3.20. The van der Waals surface area contributed by atoms with E-state index < -0.39 is 0 Å². The van der Waals surface area contributed by atoms with Gasteiger partial charge in [0.05, 0.1) is 0 Å². The van der Waals surface area contributed by atoms with Crippen LogP contribution in [0.4, 0.5) is 0 Å². The summed E-state index contributed by atoms with van der Waals surface area (Å²) in [4.78, 5) is 11.6. The van der Waals surface area contributed by atoms with Crippen LogP contribution in [0.3, 0.4) is 0 Å². The molecule has 0 N–H and O–H groups in total. The zero-order chi connectivity index (χ0) is 24.2. The molecule has 0 aliphatic heterocycles. The fraction of sp³-hybridized carbons (Fsp3) is 0.0667. The lowest BCUT2D eigenvalue weighted by atomic mass is 10.2. The zero-order valence-corrected chi connectivity index (χ0v) is 21.0. The Morgan fingerprint density at radius 1 is 0.500 bits per heavy atom. The third kappa shape index (κ3) is 5.15. The van der Waals surface area contributed by atoms with Crippen molar-refractivity contribution in [3.8, 4) is 32.6 Å². The van der Waals surface area contributed by atoms with Crippen molar-refractivity contribution in [3.63, 3.8) is 0 Å². The topological polar surface area (TPSA) is 44.2 Å². The van der Waals surface area contributed by atoms with Crippen LogP contribution < -0.4 is 9.47 Å². The van der Waals surface area contributed by atoms with Crippen molar-refractivity contribution >= 4 is 32.3 Å². The minimum atomic E-state index is 0.538. The first-order valence-electron chi connectivity index (χ1n) is 11.6. The molecule has 0 fully saturated rings. The van der Waals surface area contributed by atoms with Gasteiger partial charge in [0.1, 0.15) is 34.7 Å². The van der Waals surface area contributed by atoms with E-state index >= 15 is 0 Å². The number of hydrogen-bond donors (Lipinski definition) is 0. The first-order valence-corrected chi connectivity index (χ1v) is 13.3. The summed E-state index contributed by atoms with van der Waals surface area (Å²) in [5.74, 6) is 1.66. The molecule has 0 saturated carbocycles. The number of benzene rings is 4. The van der Waals surface area contributed by atoms with Crippen molar-refractivity contribution in [2.45, 2.75) is 13.2 Å². The number of thiazole rings is 2. The summed E-state index contributed by atoms with van der Waals surface area (Å²) in [6, 6.07) is 36.5. The third-order valence-electron chi connectivity index (χ3n) is 5.63. The summed E-state index contributed by atoms with van der Waals surface area (Å²) in [5.41, 5.74) is 4.36. The summed E-state index contributed by atoms with van der Waals surface area (Å²) in [6.07, 6.45) is 0. The predicted molar refractivity (Wildman–Crippen MR) is 148 cm³/mol. The van der Waals surface area contributed by atoms with Crippen molar-refractivity contribution < 1.29 is 9.47 Å². The second-order valence-electron chi connectivity index (χ2n) is 8.25. The smallest absolute Gasteiger partial charge is 0.155 e. The molecule has 2 aromatic heterocycles. The van der Waals surface area contributed by atoms with Crippen LogP contribution in [0.5, 0.6) is 11.5 Å². The molecule has 0 aliphatic carbocycles. The maximum Gasteiger partial charge on any atom is 0.155 e. The van der Waals surface area contributed by atoms with Gasteiger partial charge in [0.25, 0.3) is 0 Å². The van der Waals surface area contributed by atoms with Gasteiger partial charge >= 0.3 is 0 Å². The van der Waals surface area contributed by atoms with E-state index in [-0.39, 0.29) is 0 Å². The standard InChI is InChI=1S/C30H22N2O2S2/c1-3-9-21(10-4-1)19-33-25-15-7-13-23(17-25)27-31-29-30(35-27)32-28(36-29)24-14-8-16-26(18-24)34-20-22-11-5-2-6-12-22/h1-18H,19-20H2. The van der Waals surface area contributed by atoms with Gasteiger partial charge in [-0.2, -0.15) is 0 Å². The average Bonchev–Trinajstić information content (AvgIpc) is 3.52. The lowest BCUT2D eigenvalue weighted by Crippen LogP contribution is -1.95. The Kier molecular flexibility index (Phi) is 6.44. The molecule has 6 rings (SSSR count). The summed E-state index contributed by atoms with van der Waals surface area (Å²) in [7, 11) is 0. The van der Waals surface area contributed by atoms with Gasteiger partial charge in [-0.25, -0.2) is 9.97 Å². The molecule has 0 saturated heterocycles. The van der Waals surface area contributed by atoms with E-state index in [0.29, 0.717) is 13.2 Å². The monoisotopic (exact) mass is 506 g/mol. The molecule has 2 heterocycles. The summed E-state index contributed by atoms with van der Waals surface area (Å²) in [5, 5.41) is 1.89. The second kappa shape index (κ2) is 10.3. The molecule has 0 radical (unpaired) electrons. The van der Waals surface area contributed by atoms with Crippen molar-refractivity contribution in [2.24, 2.45) is 0 Å². The molecular weight excluding hydrogens is 484 g/mol. The maximum atomic E-state index is 6.00. The number of nitrogens with zero attached hydrogens (tertiary/aromatic N) is 2. The molecule has 6 aromatic rings. The highest BCUT2D eigenvalue weighted by atomic mass is 32.1. The molecular formula is C30H22N2O2S2. The van der Waals surface area contributed by atoms with E-state index in [0.717, 1.165) is 53.4 Å². The highest BCUT2D eigenvalue weighted by Crippen LogP contribution is 2.38. The Morgan fingerprint density at radius 2 is 0.944 bits per heavy atom. The zero-order valence-electron chi connectivity index (χ0n) is 19.3. The van der Waals surface area contributed by atoms with Crippen molar-refractivity contribution in [2.75, 3.05) is 0 Å². The van der Waals surface area contributed by atoms with E-state index in [9.17, 15) is 0 Å². The molecule has 4 aromatic carbocycles. The number of ether oxygens (including phenoxy) is 2. The Bertz CT molecular complexity index is 1450. The van der Waals surface area contributed by atoms with E-state index in [1.165, 1.54) is 0 Å². The SMILES string of the molecule is c1ccc(COc2cccc(-c3nc4sc(-c5cccc(OCc6ccccc6)c5)nc4s3)c2)cc1. The minimum absolute atomic E-state index is 0.538. The molecule has 0 atom stereocenters. The maximum absolute atomic E-state index is 6.00. The van der Waals surface area contributed by atoms with Gasteiger partial charge in [0, 0.05) is 11.1 Å². The minimum Gasteiger partial charge on any atom is -0.489 e. The average molecular weight is 507 g/mol. The normalized spacial score (nSPS) is 11.0. The van der Waals surface area contributed by atoms with Crippen molar-refractivity contribution in [1.82, 2.24) is 9.97 Å². The Labute approximate surface area is 217 Å². The molecule has 0 bridgehead atoms. The Hall–Kier alpha value is -4.00. The molecule has 176 valence electrons. The molecule has 36 heavy (non-hydrogen) atoms. The Morgan fingerprint density at radius 3 is 1.39 bits per heavy atom. The molecule has 6 heteroatoms. The van der Waals surface area contributed by atoms with Gasteiger partial charge in [-0.3, -0.25) is 0 Å². The molecule has 0 aliphatic rings. The number of rotatable bonds is 8. The molecule has 0 spiro atoms. The van der Waals surface area contributed by atoms with E-state index in [1.54, 1.807) is 22.7 Å². The van der Waals surface area contributed by atoms with Gasteiger partial charge in [-0.05, 0) is 35.4 Å². The lowest BCUT2D eigenvalue weighted by molar-refractivity contribution is 0.306. The third-order valence-corrected chi connectivity index (χ3v) is 7.76. The molecule has 0 amide bonds. The van der Waals surface area contributed by atoms with Crippen LogP contribution in [0, 0.1) is 0 Å². The summed E-state index contributed by atoms with van der Waals surface area (Å²) in [6.45, 7) is 1.08. The molecule has 0 unspecified atom stereocenters. The van der Waals surface area contributed by atoms with Gasteiger partial charge in [0.2, 0.25) is 0 Å². The van der Waals surface area contributed by atoms with Crippen LogP contribution in [0.1, 0.15) is 11.1 Å². The van der Waals surface area contributed by atoms with Gasteiger partial charge in [-0.15, -0.1) is 0 Å². The Balaban J connectivity index is 1.17. The van der Waals surface area contributed by atoms with Gasteiger partial charge in [0.15, 0.2) is 9.66 Å². The van der Waals surface area contributed by atoms with Crippen molar-refractivity contribution in [3.05, 3.63) is 120 Å². The highest BCUT2D eigenvalue weighted by molar-refractivity contribution is 7.29. The number of hydrogen-bond acceptors (Lipinski definition) is 6. The van der Waals surface area contributed by atoms with Crippen molar-refractivity contribution in [1.29, 1.82) is 0 Å². The predicted octanol–water partition coefficient (Wildman–Crippen LogP) is 8.24. The lowest BCUT2D eigenvalue weighted by Gasteiger charge is -2.07. The largest absolute Gasteiger partial charge is 0.489 e. The van der Waals surface area contributed by atoms with Crippen LogP contribution >= 0.6 is 22.7 Å². The van der Waals surface area contributed by atoms with E-state index in [4.69, 9.17) is 19.4 Å². The fourth-order valence-electron chi connectivity index (χ4n) is 3.81. The number of fused-ring (bicyclic) bond motifs is 1. The fourth-order valence-corrected chi connectivity index (χ4v) is 5.84. The van der Waals surface area contributed by atoms with E-state index in [2.05, 4.69) is 36.4 Å². The molecule has 4 nitrogen and oxygen atoms in total. The van der Waals surface area contributed by atoms with E-state index in [1.807, 2.05) is 72.8 Å². The van der Waals surface area contributed by atoms with Crippen LogP contribution in [0.25, 0.3) is 30.8 Å². The van der Waals surface area contributed by atoms with Crippen LogP contribution in [0.2, 0.25) is 0 Å². The first kappa shape index (κ1) is 22.5. The van der Waals surface area contributed by atoms with Crippen LogP contribution in [-0.2, 0) is 13.2 Å². The first-order chi connectivity index (χ1) is 17.8.